The van der Waals surface area contributed by atoms with E-state index in [4.69, 9.17) is 0 Å². The molecule has 5 N–H and O–H groups in total. The summed E-state index contributed by atoms with van der Waals surface area (Å²) in [7, 11) is -3.74. The molecule has 32 heavy (non-hydrogen) atoms. The van der Waals surface area contributed by atoms with E-state index in [0.29, 0.717) is 30.9 Å². The van der Waals surface area contributed by atoms with E-state index < -0.39 is 34.5 Å². The molecule has 12 heteroatoms. The lowest BCUT2D eigenvalue weighted by Gasteiger charge is -2.15. The van der Waals surface area contributed by atoms with Gasteiger partial charge in [-0.1, -0.05) is 19.1 Å². The van der Waals surface area contributed by atoms with Crippen LogP contribution in [0.25, 0.3) is 0 Å². The van der Waals surface area contributed by atoms with Crippen LogP contribution in [-0.2, 0) is 26.0 Å². The van der Waals surface area contributed by atoms with Crippen molar-refractivity contribution >= 4 is 33.8 Å². The predicted octanol–water partition coefficient (Wildman–Crippen LogP) is -0.403. The number of benzene rings is 1. The van der Waals surface area contributed by atoms with Crippen LogP contribution in [0, 0.1) is 0 Å². The van der Waals surface area contributed by atoms with Crippen LogP contribution in [0.2, 0.25) is 0 Å². The minimum atomic E-state index is -3.74. The molecule has 2 amide bonds. The Labute approximate surface area is 187 Å². The number of carboxylic acids is 1. The summed E-state index contributed by atoms with van der Waals surface area (Å²) in [6, 6.07) is 5.07. The summed E-state index contributed by atoms with van der Waals surface area (Å²) >= 11 is 0. The van der Waals surface area contributed by atoms with Crippen molar-refractivity contribution in [1.29, 1.82) is 0 Å². The molecule has 0 bridgehead atoms. The highest BCUT2D eigenvalue weighted by Gasteiger charge is 2.24. The van der Waals surface area contributed by atoms with Crippen LogP contribution in [0.5, 0.6) is 0 Å². The highest BCUT2D eigenvalue weighted by atomic mass is 32.2. The molecule has 176 valence electrons. The quantitative estimate of drug-likeness (QED) is 0.295. The predicted molar refractivity (Wildman–Crippen MR) is 119 cm³/mol. The van der Waals surface area contributed by atoms with Crippen molar-refractivity contribution in [1.82, 2.24) is 20.7 Å². The van der Waals surface area contributed by atoms with Crippen molar-refractivity contribution in [3.05, 3.63) is 35.4 Å². The van der Waals surface area contributed by atoms with Gasteiger partial charge >= 0.3 is 5.97 Å². The highest BCUT2D eigenvalue weighted by Crippen LogP contribution is 2.07. The van der Waals surface area contributed by atoms with Gasteiger partial charge in [0, 0.05) is 31.6 Å². The van der Waals surface area contributed by atoms with Gasteiger partial charge in [-0.05, 0) is 37.0 Å². The zero-order chi connectivity index (χ0) is 23.6. The zero-order valence-corrected chi connectivity index (χ0v) is 18.7. The lowest BCUT2D eigenvalue weighted by Crippen LogP contribution is -2.48. The second-order valence-electron chi connectivity index (χ2n) is 7.29. The number of aryl methyl sites for hydroxylation is 1. The van der Waals surface area contributed by atoms with Crippen LogP contribution in [0.4, 0.5) is 0 Å². The zero-order valence-electron chi connectivity index (χ0n) is 17.9. The molecule has 0 saturated carbocycles. The van der Waals surface area contributed by atoms with E-state index in [1.54, 1.807) is 31.2 Å². The number of guanidine groups is 1. The number of hydrogen-bond donors (Lipinski definition) is 5. The molecule has 11 nitrogen and oxygen atoms in total. The van der Waals surface area contributed by atoms with Crippen LogP contribution in [-0.4, -0.2) is 68.7 Å². The first-order valence-corrected chi connectivity index (χ1v) is 12.0. The number of hydrogen-bond acceptors (Lipinski definition) is 7. The molecule has 0 spiro atoms. The van der Waals surface area contributed by atoms with Crippen molar-refractivity contribution in [2.75, 3.05) is 25.4 Å². The van der Waals surface area contributed by atoms with Crippen LogP contribution >= 0.6 is 0 Å². The van der Waals surface area contributed by atoms with Gasteiger partial charge in [-0.3, -0.25) is 24.7 Å². The van der Waals surface area contributed by atoms with Gasteiger partial charge in [-0.15, -0.1) is 0 Å². The molecule has 1 aromatic carbocycles. The fourth-order valence-corrected chi connectivity index (χ4v) is 4.19. The second kappa shape index (κ2) is 12.2. The van der Waals surface area contributed by atoms with Gasteiger partial charge in [0.05, 0.1) is 5.75 Å². The maximum atomic E-state index is 12.3. The molecule has 1 heterocycles. The van der Waals surface area contributed by atoms with Crippen molar-refractivity contribution in [2.24, 2.45) is 4.99 Å². The summed E-state index contributed by atoms with van der Waals surface area (Å²) < 4.78 is 25.7. The summed E-state index contributed by atoms with van der Waals surface area (Å²) in [5, 5.41) is 17.4. The maximum absolute atomic E-state index is 12.3. The standard InChI is InChI=1S/C20H29N5O6S/c1-2-12-32(30,31)25-16(19(28)29)13-23-18(27)15-7-4-14(5-8-15)6-9-17(26)24-20-21-10-3-11-22-20/h4-5,7-8,16,25H,2-3,6,9-13H2,1H3,(H,23,27)(H,28,29)(H2,21,22,24,26). The summed E-state index contributed by atoms with van der Waals surface area (Å²) in [6.07, 6.45) is 2.00. The molecule has 0 fully saturated rings. The average molecular weight is 468 g/mol. The summed E-state index contributed by atoms with van der Waals surface area (Å²) in [5.41, 5.74) is 1.14. The molecular weight excluding hydrogens is 438 g/mol. The van der Waals surface area contributed by atoms with Gasteiger partial charge in [-0.25, -0.2) is 8.42 Å². The Morgan fingerprint density at radius 2 is 1.94 bits per heavy atom. The van der Waals surface area contributed by atoms with Crippen molar-refractivity contribution in [2.45, 2.75) is 38.6 Å². The molecule has 0 aromatic heterocycles. The fourth-order valence-electron chi connectivity index (χ4n) is 2.91. The molecule has 1 aliphatic rings. The number of carbonyl (C=O) groups is 3. The molecule has 1 unspecified atom stereocenters. The Morgan fingerprint density at radius 3 is 2.53 bits per heavy atom. The number of carbonyl (C=O) groups excluding carboxylic acids is 2. The smallest absolute Gasteiger partial charge is 0.323 e. The Balaban J connectivity index is 1.83. The summed E-state index contributed by atoms with van der Waals surface area (Å²) in [6.45, 7) is 2.73. The van der Waals surface area contributed by atoms with Gasteiger partial charge < -0.3 is 15.7 Å². The van der Waals surface area contributed by atoms with E-state index in [1.807, 2.05) is 0 Å². The highest BCUT2D eigenvalue weighted by molar-refractivity contribution is 7.89. The van der Waals surface area contributed by atoms with E-state index in [2.05, 4.69) is 25.7 Å². The van der Waals surface area contributed by atoms with E-state index in [0.717, 1.165) is 18.5 Å². The maximum Gasteiger partial charge on any atom is 0.323 e. The molecule has 0 radical (unpaired) electrons. The second-order valence-corrected chi connectivity index (χ2v) is 9.17. The van der Waals surface area contributed by atoms with Crippen molar-refractivity contribution < 1.29 is 27.9 Å². The van der Waals surface area contributed by atoms with Crippen LogP contribution in [0.15, 0.2) is 29.3 Å². The average Bonchev–Trinajstić information content (AvgIpc) is 2.75. The lowest BCUT2D eigenvalue weighted by molar-refractivity contribution is -0.138. The molecule has 1 atom stereocenters. The van der Waals surface area contributed by atoms with E-state index in [9.17, 15) is 27.9 Å². The fraction of sp³-hybridized carbons (Fsp3) is 0.500. The number of nitrogens with one attached hydrogen (secondary N) is 4. The number of nitrogens with zero attached hydrogens (tertiary/aromatic N) is 1. The topological polar surface area (TPSA) is 166 Å². The third-order valence-electron chi connectivity index (χ3n) is 4.57. The minimum Gasteiger partial charge on any atom is -0.480 e. The summed E-state index contributed by atoms with van der Waals surface area (Å²) in [4.78, 5) is 39.8. The molecule has 0 aliphatic carbocycles. The van der Waals surface area contributed by atoms with Gasteiger partial charge in [0.2, 0.25) is 15.9 Å². The van der Waals surface area contributed by atoms with Crippen molar-refractivity contribution in [3.8, 4) is 0 Å². The number of rotatable bonds is 11. The first kappa shape index (κ1) is 25.3. The van der Waals surface area contributed by atoms with Gasteiger partial charge in [0.25, 0.3) is 5.91 Å². The molecule has 2 rings (SSSR count). The first-order valence-electron chi connectivity index (χ1n) is 10.4. The number of carboxylic acid groups (broad SMARTS) is 1. The molecule has 1 aliphatic heterocycles. The molecule has 1 aromatic rings. The minimum absolute atomic E-state index is 0.162. The van der Waals surface area contributed by atoms with Crippen LogP contribution in [0.3, 0.4) is 0 Å². The number of aliphatic imine (C=N–C) groups is 1. The van der Waals surface area contributed by atoms with E-state index in [1.165, 1.54) is 0 Å². The molecule has 0 saturated heterocycles. The SMILES string of the molecule is CCCS(=O)(=O)NC(CNC(=O)c1ccc(CCC(=O)NC2=NCCCN2)cc1)C(=O)O. The Kier molecular flexibility index (Phi) is 9.60. The number of sulfonamides is 1. The Hall–Kier alpha value is -2.99. The third-order valence-corrected chi connectivity index (χ3v) is 6.16. The number of amides is 2. The van der Waals surface area contributed by atoms with Crippen molar-refractivity contribution in [3.63, 3.8) is 0 Å². The van der Waals surface area contributed by atoms with E-state index >= 15 is 0 Å². The van der Waals surface area contributed by atoms with Gasteiger partial charge in [0.1, 0.15) is 6.04 Å². The normalized spacial score (nSPS) is 14.6. The first-order chi connectivity index (χ1) is 15.2. The van der Waals surface area contributed by atoms with E-state index in [-0.39, 0.29) is 18.1 Å². The van der Waals surface area contributed by atoms with Crippen LogP contribution < -0.4 is 20.7 Å². The Bertz CT molecular complexity index is 946. The largest absolute Gasteiger partial charge is 0.480 e. The lowest BCUT2D eigenvalue weighted by atomic mass is 10.1. The molecular formula is C20H29N5O6S. The van der Waals surface area contributed by atoms with Gasteiger partial charge in [-0.2, -0.15) is 4.72 Å². The summed E-state index contributed by atoms with van der Waals surface area (Å²) in [5.74, 6) is -1.78. The Morgan fingerprint density at radius 1 is 1.22 bits per heavy atom. The monoisotopic (exact) mass is 467 g/mol. The third kappa shape index (κ3) is 8.63. The van der Waals surface area contributed by atoms with Gasteiger partial charge in [0.15, 0.2) is 5.96 Å². The number of aliphatic carboxylic acids is 1. The van der Waals surface area contributed by atoms with Crippen LogP contribution in [0.1, 0.15) is 42.1 Å².